The zero-order chi connectivity index (χ0) is 18.7. The van der Waals surface area contributed by atoms with E-state index in [1.165, 1.54) is 6.92 Å². The molecule has 2 amide bonds. The molecule has 2 N–H and O–H groups in total. The van der Waals surface area contributed by atoms with Crippen molar-refractivity contribution in [1.29, 1.82) is 0 Å². The van der Waals surface area contributed by atoms with Gasteiger partial charge in [0.1, 0.15) is 5.69 Å². The highest BCUT2D eigenvalue weighted by molar-refractivity contribution is 6.06. The van der Waals surface area contributed by atoms with E-state index in [4.69, 9.17) is 4.42 Å². The lowest BCUT2D eigenvalue weighted by atomic mass is 10.1. The summed E-state index contributed by atoms with van der Waals surface area (Å²) in [7, 11) is 0. The molecule has 8 nitrogen and oxygen atoms in total. The number of rotatable bonds is 6. The van der Waals surface area contributed by atoms with Crippen molar-refractivity contribution in [1.82, 2.24) is 25.4 Å². The number of nitrogens with zero attached hydrogens (tertiary/aromatic N) is 3. The van der Waals surface area contributed by atoms with E-state index < -0.39 is 0 Å². The summed E-state index contributed by atoms with van der Waals surface area (Å²) in [6.07, 6.45) is 3.21. The van der Waals surface area contributed by atoms with Crippen LogP contribution in [0.2, 0.25) is 0 Å². The van der Waals surface area contributed by atoms with Crippen LogP contribution in [0.4, 0.5) is 0 Å². The van der Waals surface area contributed by atoms with Crippen molar-refractivity contribution in [2.75, 3.05) is 13.1 Å². The Kier molecular flexibility index (Phi) is 5.01. The minimum atomic E-state index is -0.251. The predicted octanol–water partition coefficient (Wildman–Crippen LogP) is 2.14. The van der Waals surface area contributed by atoms with E-state index in [9.17, 15) is 9.59 Å². The summed E-state index contributed by atoms with van der Waals surface area (Å²) in [5, 5.41) is 10.5. The number of carbonyl (C=O) groups is 2. The van der Waals surface area contributed by atoms with E-state index in [0.29, 0.717) is 41.1 Å². The van der Waals surface area contributed by atoms with Crippen LogP contribution in [0.1, 0.15) is 37.2 Å². The molecule has 26 heavy (non-hydrogen) atoms. The largest absolute Gasteiger partial charge is 0.463 e. The van der Waals surface area contributed by atoms with E-state index in [-0.39, 0.29) is 17.9 Å². The molecule has 0 fully saturated rings. The molecule has 0 aliphatic carbocycles. The first-order valence-electron chi connectivity index (χ1n) is 8.42. The summed E-state index contributed by atoms with van der Waals surface area (Å²) < 4.78 is 7.21. The smallest absolute Gasteiger partial charge is 0.252 e. The summed E-state index contributed by atoms with van der Waals surface area (Å²) in [6, 6.07) is 5.36. The van der Waals surface area contributed by atoms with Crippen molar-refractivity contribution < 1.29 is 14.0 Å². The van der Waals surface area contributed by atoms with Crippen molar-refractivity contribution >= 4 is 22.8 Å². The second kappa shape index (κ2) is 7.38. The van der Waals surface area contributed by atoms with Gasteiger partial charge in [-0.1, -0.05) is 0 Å². The SMILES string of the molecule is CC(=O)NCCNC(=O)c1cc(-c2ccco2)nc2c1cnn2C(C)C. The Balaban J connectivity index is 1.97. The summed E-state index contributed by atoms with van der Waals surface area (Å²) >= 11 is 0. The number of furan rings is 1. The zero-order valence-corrected chi connectivity index (χ0v) is 14.9. The van der Waals surface area contributed by atoms with Crippen molar-refractivity contribution in [2.24, 2.45) is 0 Å². The molecule has 0 unspecified atom stereocenters. The highest BCUT2D eigenvalue weighted by Crippen LogP contribution is 2.26. The Bertz CT molecular complexity index is 928. The molecule has 0 aliphatic rings. The maximum Gasteiger partial charge on any atom is 0.252 e. The maximum absolute atomic E-state index is 12.7. The van der Waals surface area contributed by atoms with Crippen molar-refractivity contribution in [3.63, 3.8) is 0 Å². The van der Waals surface area contributed by atoms with Gasteiger partial charge in [0.25, 0.3) is 5.91 Å². The normalized spacial score (nSPS) is 11.1. The van der Waals surface area contributed by atoms with E-state index in [1.54, 1.807) is 35.3 Å². The lowest BCUT2D eigenvalue weighted by molar-refractivity contribution is -0.118. The van der Waals surface area contributed by atoms with Crippen LogP contribution in [0.25, 0.3) is 22.5 Å². The van der Waals surface area contributed by atoms with Crippen LogP contribution < -0.4 is 10.6 Å². The number of fused-ring (bicyclic) bond motifs is 1. The highest BCUT2D eigenvalue weighted by atomic mass is 16.3. The van der Waals surface area contributed by atoms with E-state index in [1.807, 2.05) is 13.8 Å². The van der Waals surface area contributed by atoms with Gasteiger partial charge in [0.15, 0.2) is 11.4 Å². The molecule has 3 heterocycles. The minimum Gasteiger partial charge on any atom is -0.463 e. The molecule has 3 aromatic rings. The van der Waals surface area contributed by atoms with E-state index in [2.05, 4.69) is 20.7 Å². The molecular formula is C18H21N5O3. The van der Waals surface area contributed by atoms with Crippen molar-refractivity contribution in [3.05, 3.63) is 36.2 Å². The Morgan fingerprint density at radius 2 is 2.04 bits per heavy atom. The Hall–Kier alpha value is -3.16. The maximum atomic E-state index is 12.7. The first-order valence-corrected chi connectivity index (χ1v) is 8.42. The van der Waals surface area contributed by atoms with E-state index in [0.717, 1.165) is 0 Å². The van der Waals surface area contributed by atoms with Crippen LogP contribution in [-0.4, -0.2) is 39.7 Å². The summed E-state index contributed by atoms with van der Waals surface area (Å²) in [5.74, 6) is 0.193. The average Bonchev–Trinajstić information content (AvgIpc) is 3.26. The Labute approximate surface area is 150 Å². The monoisotopic (exact) mass is 355 g/mol. The van der Waals surface area contributed by atoms with Gasteiger partial charge >= 0.3 is 0 Å². The standard InChI is InChI=1S/C18H21N5O3/c1-11(2)23-17-14(10-21-23)13(18(25)20-7-6-19-12(3)24)9-15(22-17)16-5-4-8-26-16/h4-5,8-11H,6-7H2,1-3H3,(H,19,24)(H,20,25). The number of carbonyl (C=O) groups excluding carboxylic acids is 2. The number of aromatic nitrogens is 3. The molecule has 3 rings (SSSR count). The van der Waals surface area contributed by atoms with Gasteiger partial charge in [0.2, 0.25) is 5.91 Å². The van der Waals surface area contributed by atoms with Gasteiger partial charge in [-0.05, 0) is 32.0 Å². The van der Waals surface area contributed by atoms with Gasteiger partial charge in [-0.3, -0.25) is 9.59 Å². The molecule has 0 saturated carbocycles. The molecule has 0 aromatic carbocycles. The third kappa shape index (κ3) is 3.58. The first-order chi connectivity index (χ1) is 12.5. The minimum absolute atomic E-state index is 0.0996. The topological polar surface area (TPSA) is 102 Å². The average molecular weight is 355 g/mol. The second-order valence-corrected chi connectivity index (χ2v) is 6.19. The van der Waals surface area contributed by atoms with Crippen LogP contribution >= 0.6 is 0 Å². The van der Waals surface area contributed by atoms with Crippen LogP contribution in [0.15, 0.2) is 35.1 Å². The third-order valence-electron chi connectivity index (χ3n) is 3.86. The van der Waals surface area contributed by atoms with Crippen LogP contribution in [0.5, 0.6) is 0 Å². The summed E-state index contributed by atoms with van der Waals surface area (Å²) in [4.78, 5) is 28.2. The quantitative estimate of drug-likeness (QED) is 0.660. The van der Waals surface area contributed by atoms with Crippen LogP contribution in [-0.2, 0) is 4.79 Å². The molecule has 0 saturated heterocycles. The molecule has 0 spiro atoms. The van der Waals surface area contributed by atoms with Gasteiger partial charge in [0, 0.05) is 26.1 Å². The molecule has 0 radical (unpaired) electrons. The fraction of sp³-hybridized carbons (Fsp3) is 0.333. The number of amides is 2. The molecule has 0 atom stereocenters. The number of pyridine rings is 1. The highest BCUT2D eigenvalue weighted by Gasteiger charge is 2.19. The summed E-state index contributed by atoms with van der Waals surface area (Å²) in [5.41, 5.74) is 1.66. The fourth-order valence-electron chi connectivity index (χ4n) is 2.64. The molecule has 3 aromatic heterocycles. The van der Waals surface area contributed by atoms with Crippen molar-refractivity contribution in [3.8, 4) is 11.5 Å². The van der Waals surface area contributed by atoms with Gasteiger partial charge in [0.05, 0.1) is 23.4 Å². The van der Waals surface area contributed by atoms with Gasteiger partial charge in [-0.2, -0.15) is 5.10 Å². The fourth-order valence-corrected chi connectivity index (χ4v) is 2.64. The Morgan fingerprint density at radius 3 is 2.69 bits per heavy atom. The lowest BCUT2D eigenvalue weighted by Gasteiger charge is -2.10. The van der Waals surface area contributed by atoms with Gasteiger partial charge in [-0.25, -0.2) is 9.67 Å². The molecule has 0 bridgehead atoms. The molecule has 0 aliphatic heterocycles. The van der Waals surface area contributed by atoms with Crippen LogP contribution in [0, 0.1) is 0 Å². The van der Waals surface area contributed by atoms with Gasteiger partial charge in [-0.15, -0.1) is 0 Å². The first kappa shape index (κ1) is 17.7. The molecular weight excluding hydrogens is 334 g/mol. The second-order valence-electron chi connectivity index (χ2n) is 6.19. The number of hydrogen-bond acceptors (Lipinski definition) is 5. The van der Waals surface area contributed by atoms with Gasteiger partial charge < -0.3 is 15.1 Å². The van der Waals surface area contributed by atoms with Crippen LogP contribution in [0.3, 0.4) is 0 Å². The number of nitrogens with one attached hydrogen (secondary N) is 2. The number of hydrogen-bond donors (Lipinski definition) is 2. The van der Waals surface area contributed by atoms with Crippen molar-refractivity contribution in [2.45, 2.75) is 26.8 Å². The molecule has 8 heteroatoms. The zero-order valence-electron chi connectivity index (χ0n) is 14.9. The summed E-state index contributed by atoms with van der Waals surface area (Å²) in [6.45, 7) is 6.13. The third-order valence-corrected chi connectivity index (χ3v) is 3.86. The Morgan fingerprint density at radius 1 is 1.27 bits per heavy atom. The lowest BCUT2D eigenvalue weighted by Crippen LogP contribution is -2.33. The molecule has 136 valence electrons. The van der Waals surface area contributed by atoms with E-state index >= 15 is 0 Å². The predicted molar refractivity (Wildman–Crippen MR) is 96.6 cm³/mol.